The third-order valence-corrected chi connectivity index (χ3v) is 5.87. The van der Waals surface area contributed by atoms with E-state index in [2.05, 4.69) is 24.0 Å². The average Bonchev–Trinajstić information content (AvgIpc) is 2.98. The molecule has 0 aromatic carbocycles. The number of nitrogens with one attached hydrogen (secondary N) is 1. The van der Waals surface area contributed by atoms with E-state index in [1.54, 1.807) is 0 Å². The van der Waals surface area contributed by atoms with Crippen LogP contribution >= 0.6 is 11.8 Å². The Morgan fingerprint density at radius 1 is 1.06 bits per heavy atom. The van der Waals surface area contributed by atoms with Gasteiger partial charge in [-0.1, -0.05) is 26.2 Å². The molecule has 1 nitrogen and oxygen atoms in total. The maximum Gasteiger partial charge on any atom is 0.00956 e. The standard InChI is InChI=1S/C15H29NS/c1-2-11-16-15-9-5-6-13(15)10-12-17-14-7-3-4-8-14/h13-16H,2-12H2,1H3. The first-order valence-corrected chi connectivity index (χ1v) is 8.80. The molecule has 0 bridgehead atoms. The summed E-state index contributed by atoms with van der Waals surface area (Å²) in [5, 5.41) is 4.76. The zero-order valence-electron chi connectivity index (χ0n) is 11.4. The van der Waals surface area contributed by atoms with Crippen LogP contribution in [-0.4, -0.2) is 23.6 Å². The molecular formula is C15H29NS. The molecule has 2 aliphatic carbocycles. The summed E-state index contributed by atoms with van der Waals surface area (Å²) in [5.41, 5.74) is 0. The summed E-state index contributed by atoms with van der Waals surface area (Å²) in [7, 11) is 0. The molecule has 2 saturated carbocycles. The van der Waals surface area contributed by atoms with Crippen LogP contribution in [0.3, 0.4) is 0 Å². The third kappa shape index (κ3) is 4.48. The van der Waals surface area contributed by atoms with Crippen LogP contribution in [0.1, 0.15) is 64.7 Å². The Morgan fingerprint density at radius 3 is 2.65 bits per heavy atom. The fourth-order valence-electron chi connectivity index (χ4n) is 3.42. The van der Waals surface area contributed by atoms with Crippen molar-refractivity contribution >= 4 is 11.8 Å². The van der Waals surface area contributed by atoms with Gasteiger partial charge in [0.15, 0.2) is 0 Å². The van der Waals surface area contributed by atoms with Crippen molar-refractivity contribution in [3.63, 3.8) is 0 Å². The summed E-state index contributed by atoms with van der Waals surface area (Å²) in [5.74, 6) is 2.40. The summed E-state index contributed by atoms with van der Waals surface area (Å²) in [6.45, 7) is 3.49. The normalized spacial score (nSPS) is 30.2. The fourth-order valence-corrected chi connectivity index (χ4v) is 4.86. The second kappa shape index (κ2) is 7.68. The molecule has 0 radical (unpaired) electrons. The number of hydrogen-bond acceptors (Lipinski definition) is 2. The summed E-state index contributed by atoms with van der Waals surface area (Å²) in [6, 6.07) is 0.846. The van der Waals surface area contributed by atoms with Gasteiger partial charge in [-0.05, 0) is 56.7 Å². The zero-order chi connectivity index (χ0) is 11.9. The second-order valence-corrected chi connectivity index (χ2v) is 7.23. The Labute approximate surface area is 112 Å². The van der Waals surface area contributed by atoms with E-state index in [-0.39, 0.29) is 0 Å². The summed E-state index contributed by atoms with van der Waals surface area (Å²) >= 11 is 2.27. The predicted octanol–water partition coefficient (Wildman–Crippen LogP) is 4.22. The molecule has 2 heteroatoms. The monoisotopic (exact) mass is 255 g/mol. The van der Waals surface area contributed by atoms with Gasteiger partial charge >= 0.3 is 0 Å². The Kier molecular flexibility index (Phi) is 6.21. The van der Waals surface area contributed by atoms with E-state index < -0.39 is 0 Å². The van der Waals surface area contributed by atoms with Gasteiger partial charge in [0.2, 0.25) is 0 Å². The first-order chi connectivity index (χ1) is 8.40. The Hall–Kier alpha value is 0.310. The molecule has 0 aliphatic heterocycles. The molecule has 0 aromatic heterocycles. The summed E-state index contributed by atoms with van der Waals surface area (Å²) < 4.78 is 0. The van der Waals surface area contributed by atoms with Crippen molar-refractivity contribution in [1.82, 2.24) is 5.32 Å². The van der Waals surface area contributed by atoms with E-state index in [4.69, 9.17) is 0 Å². The van der Waals surface area contributed by atoms with Gasteiger partial charge in [0, 0.05) is 11.3 Å². The van der Waals surface area contributed by atoms with Crippen molar-refractivity contribution in [2.45, 2.75) is 76.0 Å². The van der Waals surface area contributed by atoms with E-state index in [9.17, 15) is 0 Å². The first-order valence-electron chi connectivity index (χ1n) is 7.75. The van der Waals surface area contributed by atoms with Crippen LogP contribution in [-0.2, 0) is 0 Å². The zero-order valence-corrected chi connectivity index (χ0v) is 12.2. The van der Waals surface area contributed by atoms with Crippen LogP contribution in [0.2, 0.25) is 0 Å². The van der Waals surface area contributed by atoms with Gasteiger partial charge in [0.1, 0.15) is 0 Å². The Bertz CT molecular complexity index is 201. The molecule has 100 valence electrons. The lowest BCUT2D eigenvalue weighted by Gasteiger charge is -2.21. The maximum atomic E-state index is 3.75. The first kappa shape index (κ1) is 13.7. The number of rotatable bonds is 7. The highest BCUT2D eigenvalue weighted by molar-refractivity contribution is 7.99. The van der Waals surface area contributed by atoms with Crippen LogP contribution in [0, 0.1) is 5.92 Å². The van der Waals surface area contributed by atoms with Gasteiger partial charge in [0.05, 0.1) is 0 Å². The number of thioether (sulfide) groups is 1. The molecular weight excluding hydrogens is 226 g/mol. The fraction of sp³-hybridized carbons (Fsp3) is 1.00. The minimum atomic E-state index is 0.846. The lowest BCUT2D eigenvalue weighted by Crippen LogP contribution is -2.33. The Balaban J connectivity index is 1.59. The van der Waals surface area contributed by atoms with Crippen molar-refractivity contribution in [1.29, 1.82) is 0 Å². The molecule has 1 N–H and O–H groups in total. The lowest BCUT2D eigenvalue weighted by molar-refractivity contribution is 0.393. The van der Waals surface area contributed by atoms with E-state index in [0.29, 0.717) is 0 Å². The quantitative estimate of drug-likeness (QED) is 0.731. The van der Waals surface area contributed by atoms with E-state index in [1.807, 2.05) is 0 Å². The Morgan fingerprint density at radius 2 is 1.88 bits per heavy atom. The average molecular weight is 255 g/mol. The SMILES string of the molecule is CCCNC1CCCC1CCSC1CCCC1. The molecule has 17 heavy (non-hydrogen) atoms. The van der Waals surface area contributed by atoms with Gasteiger partial charge in [-0.25, -0.2) is 0 Å². The maximum absolute atomic E-state index is 3.75. The molecule has 2 rings (SSSR count). The topological polar surface area (TPSA) is 12.0 Å². The van der Waals surface area contributed by atoms with E-state index in [1.165, 1.54) is 70.1 Å². The van der Waals surface area contributed by atoms with Crippen LogP contribution in [0.25, 0.3) is 0 Å². The van der Waals surface area contributed by atoms with Crippen LogP contribution < -0.4 is 5.32 Å². The summed E-state index contributed by atoms with van der Waals surface area (Å²) in [6.07, 6.45) is 13.1. The van der Waals surface area contributed by atoms with Crippen molar-refractivity contribution in [2.75, 3.05) is 12.3 Å². The molecule has 0 aromatic rings. The molecule has 0 heterocycles. The van der Waals surface area contributed by atoms with Gasteiger partial charge in [0.25, 0.3) is 0 Å². The highest BCUT2D eigenvalue weighted by Crippen LogP contribution is 2.33. The third-order valence-electron chi connectivity index (χ3n) is 4.46. The number of hydrogen-bond donors (Lipinski definition) is 1. The predicted molar refractivity (Wildman–Crippen MR) is 78.8 cm³/mol. The van der Waals surface area contributed by atoms with E-state index in [0.717, 1.165) is 17.2 Å². The second-order valence-electron chi connectivity index (χ2n) is 5.82. The molecule has 0 spiro atoms. The van der Waals surface area contributed by atoms with Crippen LogP contribution in [0.4, 0.5) is 0 Å². The molecule has 2 fully saturated rings. The largest absolute Gasteiger partial charge is 0.314 e. The van der Waals surface area contributed by atoms with E-state index >= 15 is 0 Å². The highest BCUT2D eigenvalue weighted by Gasteiger charge is 2.26. The van der Waals surface area contributed by atoms with Crippen LogP contribution in [0.5, 0.6) is 0 Å². The molecule has 2 unspecified atom stereocenters. The highest BCUT2D eigenvalue weighted by atomic mass is 32.2. The van der Waals surface area contributed by atoms with Crippen molar-refractivity contribution in [2.24, 2.45) is 5.92 Å². The van der Waals surface area contributed by atoms with Crippen molar-refractivity contribution in [3.05, 3.63) is 0 Å². The minimum absolute atomic E-state index is 0.846. The van der Waals surface area contributed by atoms with Crippen molar-refractivity contribution < 1.29 is 0 Å². The smallest absolute Gasteiger partial charge is 0.00956 e. The summed E-state index contributed by atoms with van der Waals surface area (Å²) in [4.78, 5) is 0. The minimum Gasteiger partial charge on any atom is -0.314 e. The molecule has 0 amide bonds. The van der Waals surface area contributed by atoms with Crippen LogP contribution in [0.15, 0.2) is 0 Å². The van der Waals surface area contributed by atoms with Gasteiger partial charge in [-0.3, -0.25) is 0 Å². The van der Waals surface area contributed by atoms with Crippen molar-refractivity contribution in [3.8, 4) is 0 Å². The molecule has 0 saturated heterocycles. The lowest BCUT2D eigenvalue weighted by atomic mass is 10.0. The molecule has 2 atom stereocenters. The molecule has 2 aliphatic rings. The van der Waals surface area contributed by atoms with Gasteiger partial charge < -0.3 is 5.32 Å². The van der Waals surface area contributed by atoms with Gasteiger partial charge in [-0.2, -0.15) is 11.8 Å². The van der Waals surface area contributed by atoms with Gasteiger partial charge in [-0.15, -0.1) is 0 Å².